The third-order valence-electron chi connectivity index (χ3n) is 4.48. The van der Waals surface area contributed by atoms with E-state index in [1.165, 1.54) is 21.8 Å². The number of aromatic nitrogens is 2. The van der Waals surface area contributed by atoms with Crippen LogP contribution in [0.25, 0.3) is 5.69 Å². The number of benzene rings is 1. The van der Waals surface area contributed by atoms with Crippen molar-refractivity contribution in [1.29, 1.82) is 0 Å². The number of carbonyl (C=O) groups excluding carboxylic acids is 2. The first kappa shape index (κ1) is 21.3. The molecular weight excluding hydrogens is 452 g/mol. The molecule has 8 heteroatoms. The van der Waals surface area contributed by atoms with E-state index in [9.17, 15) is 9.59 Å². The largest absolute Gasteiger partial charge is 0.355 e. The first-order chi connectivity index (χ1) is 13.9. The number of halogens is 1. The molecule has 29 heavy (non-hydrogen) atoms. The molecule has 0 bridgehead atoms. The van der Waals surface area contributed by atoms with Gasteiger partial charge >= 0.3 is 0 Å². The lowest BCUT2D eigenvalue weighted by atomic mass is 10.1. The Morgan fingerprint density at radius 2 is 1.97 bits per heavy atom. The maximum atomic E-state index is 12.3. The van der Waals surface area contributed by atoms with Crippen LogP contribution < -0.4 is 5.32 Å². The number of thiophene rings is 1. The Kier molecular flexibility index (Phi) is 7.22. The van der Waals surface area contributed by atoms with E-state index in [-0.39, 0.29) is 18.4 Å². The van der Waals surface area contributed by atoms with Crippen LogP contribution in [0.4, 0.5) is 0 Å². The summed E-state index contributed by atoms with van der Waals surface area (Å²) in [7, 11) is 1.64. The van der Waals surface area contributed by atoms with E-state index in [4.69, 9.17) is 0 Å². The van der Waals surface area contributed by atoms with Gasteiger partial charge in [0, 0.05) is 19.8 Å². The van der Waals surface area contributed by atoms with Crippen molar-refractivity contribution in [3.63, 3.8) is 0 Å². The lowest BCUT2D eigenvalue weighted by Crippen LogP contribution is -2.38. The number of para-hydroxylation sites is 1. The Morgan fingerprint density at radius 1 is 1.21 bits per heavy atom. The van der Waals surface area contributed by atoms with Crippen LogP contribution >= 0.6 is 27.3 Å². The number of amides is 2. The molecule has 0 aliphatic rings. The van der Waals surface area contributed by atoms with Crippen LogP contribution in [0.1, 0.15) is 27.3 Å². The van der Waals surface area contributed by atoms with Gasteiger partial charge in [0.15, 0.2) is 0 Å². The molecule has 1 N–H and O–H groups in total. The summed E-state index contributed by atoms with van der Waals surface area (Å²) in [5.74, 6) is -0.312. The van der Waals surface area contributed by atoms with Gasteiger partial charge in [-0.2, -0.15) is 5.10 Å². The van der Waals surface area contributed by atoms with Gasteiger partial charge in [0.05, 0.1) is 26.6 Å². The predicted molar refractivity (Wildman–Crippen MR) is 119 cm³/mol. The molecule has 0 saturated heterocycles. The smallest absolute Gasteiger partial charge is 0.264 e. The highest BCUT2D eigenvalue weighted by Gasteiger charge is 2.16. The van der Waals surface area contributed by atoms with Crippen LogP contribution in [-0.4, -0.2) is 46.6 Å². The minimum Gasteiger partial charge on any atom is -0.355 e. The lowest BCUT2D eigenvalue weighted by Gasteiger charge is -2.15. The van der Waals surface area contributed by atoms with E-state index in [2.05, 4.69) is 26.3 Å². The molecule has 0 aliphatic carbocycles. The van der Waals surface area contributed by atoms with Crippen molar-refractivity contribution < 1.29 is 9.59 Å². The van der Waals surface area contributed by atoms with Crippen molar-refractivity contribution in [2.75, 3.05) is 20.1 Å². The number of nitrogens with zero attached hydrogens (tertiary/aromatic N) is 3. The van der Waals surface area contributed by atoms with E-state index < -0.39 is 0 Å². The molecule has 2 aromatic heterocycles. The third-order valence-corrected chi connectivity index (χ3v) is 6.09. The van der Waals surface area contributed by atoms with Crippen molar-refractivity contribution in [2.45, 2.75) is 19.8 Å². The van der Waals surface area contributed by atoms with Crippen molar-refractivity contribution in [2.24, 2.45) is 0 Å². The summed E-state index contributed by atoms with van der Waals surface area (Å²) in [5.41, 5.74) is 3.19. The van der Waals surface area contributed by atoms with E-state index in [0.29, 0.717) is 11.4 Å². The Morgan fingerprint density at radius 3 is 2.66 bits per heavy atom. The first-order valence-electron chi connectivity index (χ1n) is 9.32. The third kappa shape index (κ3) is 5.77. The van der Waals surface area contributed by atoms with Gasteiger partial charge in [0.25, 0.3) is 5.91 Å². The second kappa shape index (κ2) is 9.84. The Labute approximate surface area is 182 Å². The summed E-state index contributed by atoms with van der Waals surface area (Å²) >= 11 is 4.70. The monoisotopic (exact) mass is 474 g/mol. The Balaban J connectivity index is 1.43. The van der Waals surface area contributed by atoms with Gasteiger partial charge in [-0.15, -0.1) is 11.3 Å². The van der Waals surface area contributed by atoms with Crippen LogP contribution in [0.3, 0.4) is 0 Å². The molecule has 2 heterocycles. The SMILES string of the molecule is Cc1nn(-c2ccccc2)cc1CCCNC(=O)CN(C)C(=O)c1ccc(Br)s1. The minimum atomic E-state index is -0.159. The number of rotatable bonds is 8. The summed E-state index contributed by atoms with van der Waals surface area (Å²) in [4.78, 5) is 26.5. The fourth-order valence-corrected chi connectivity index (χ4v) is 4.30. The predicted octanol–water partition coefficient (Wildman–Crippen LogP) is 3.83. The molecule has 1 aromatic carbocycles. The zero-order valence-electron chi connectivity index (χ0n) is 16.4. The van der Waals surface area contributed by atoms with Gasteiger partial charge in [0.1, 0.15) is 0 Å². The van der Waals surface area contributed by atoms with E-state index in [0.717, 1.165) is 28.0 Å². The molecule has 6 nitrogen and oxygen atoms in total. The highest BCUT2D eigenvalue weighted by Crippen LogP contribution is 2.23. The fraction of sp³-hybridized carbons (Fsp3) is 0.286. The molecule has 0 spiro atoms. The molecule has 0 atom stereocenters. The highest BCUT2D eigenvalue weighted by atomic mass is 79.9. The average Bonchev–Trinajstić information content (AvgIpc) is 3.31. The molecule has 0 saturated carbocycles. The zero-order chi connectivity index (χ0) is 20.8. The highest BCUT2D eigenvalue weighted by molar-refractivity contribution is 9.11. The lowest BCUT2D eigenvalue weighted by molar-refractivity contribution is -0.121. The second-order valence-electron chi connectivity index (χ2n) is 6.74. The molecule has 2 amide bonds. The standard InChI is InChI=1S/C21H23BrN4O2S/c1-15-16(13-26(24-15)17-8-4-3-5-9-17)7-6-12-23-20(27)14-25(2)21(28)18-10-11-19(22)29-18/h3-5,8-11,13H,6-7,12,14H2,1-2H3,(H,23,27). The number of nitrogens with one attached hydrogen (secondary N) is 1. The van der Waals surface area contributed by atoms with Crippen molar-refractivity contribution in [1.82, 2.24) is 20.0 Å². The molecule has 152 valence electrons. The maximum absolute atomic E-state index is 12.3. The number of aryl methyl sites for hydroxylation is 2. The zero-order valence-corrected chi connectivity index (χ0v) is 18.8. The van der Waals surface area contributed by atoms with Crippen molar-refractivity contribution in [3.8, 4) is 5.69 Å². The summed E-state index contributed by atoms with van der Waals surface area (Å²) in [6, 6.07) is 13.6. The summed E-state index contributed by atoms with van der Waals surface area (Å²) in [6.07, 6.45) is 3.68. The molecule has 0 aliphatic heterocycles. The van der Waals surface area contributed by atoms with Crippen LogP contribution in [0.2, 0.25) is 0 Å². The van der Waals surface area contributed by atoms with Gasteiger partial charge in [-0.1, -0.05) is 18.2 Å². The van der Waals surface area contributed by atoms with E-state index in [1.807, 2.05) is 54.2 Å². The Bertz CT molecular complexity index is 984. The van der Waals surface area contributed by atoms with Crippen LogP contribution in [0, 0.1) is 6.92 Å². The number of likely N-dealkylation sites (N-methyl/N-ethyl adjacent to an activating group) is 1. The topological polar surface area (TPSA) is 67.2 Å². The quantitative estimate of drug-likeness (QED) is 0.504. The van der Waals surface area contributed by atoms with Crippen LogP contribution in [0.5, 0.6) is 0 Å². The van der Waals surface area contributed by atoms with Gasteiger partial charge in [0.2, 0.25) is 5.91 Å². The maximum Gasteiger partial charge on any atom is 0.264 e. The van der Waals surface area contributed by atoms with E-state index >= 15 is 0 Å². The number of hydrogen-bond acceptors (Lipinski definition) is 4. The van der Waals surface area contributed by atoms with Crippen molar-refractivity contribution >= 4 is 39.1 Å². The summed E-state index contributed by atoms with van der Waals surface area (Å²) < 4.78 is 2.77. The normalized spacial score (nSPS) is 10.7. The molecule has 3 aromatic rings. The Hall–Kier alpha value is -2.45. The van der Waals surface area contributed by atoms with Gasteiger partial charge in [-0.25, -0.2) is 4.68 Å². The van der Waals surface area contributed by atoms with Crippen molar-refractivity contribution in [3.05, 3.63) is 68.6 Å². The second-order valence-corrected chi connectivity index (χ2v) is 9.20. The average molecular weight is 475 g/mol. The fourth-order valence-electron chi connectivity index (χ4n) is 2.92. The molecular formula is C21H23BrN4O2S. The summed E-state index contributed by atoms with van der Waals surface area (Å²) in [5, 5.41) is 7.45. The van der Waals surface area contributed by atoms with Gasteiger partial charge in [-0.3, -0.25) is 9.59 Å². The van der Waals surface area contributed by atoms with Crippen LogP contribution in [0.15, 0.2) is 52.4 Å². The number of carbonyl (C=O) groups is 2. The van der Waals surface area contributed by atoms with Gasteiger partial charge < -0.3 is 10.2 Å². The first-order valence-corrected chi connectivity index (χ1v) is 10.9. The van der Waals surface area contributed by atoms with Gasteiger partial charge in [-0.05, 0) is 65.5 Å². The number of hydrogen-bond donors (Lipinski definition) is 1. The van der Waals surface area contributed by atoms with E-state index in [1.54, 1.807) is 13.1 Å². The molecule has 0 unspecified atom stereocenters. The van der Waals surface area contributed by atoms with Crippen LogP contribution in [-0.2, 0) is 11.2 Å². The molecule has 0 fully saturated rings. The molecule has 3 rings (SSSR count). The summed E-state index contributed by atoms with van der Waals surface area (Å²) in [6.45, 7) is 2.59. The molecule has 0 radical (unpaired) electrons. The minimum absolute atomic E-state index is 0.0410.